The van der Waals surface area contributed by atoms with E-state index >= 15 is 0 Å². The largest absolute Gasteiger partial charge is 0.339 e. The number of hydrogen-bond donors (Lipinski definition) is 1. The summed E-state index contributed by atoms with van der Waals surface area (Å²) >= 11 is 4.37. The normalized spacial score (nSPS) is 10.5. The van der Waals surface area contributed by atoms with Crippen LogP contribution >= 0.6 is 34.9 Å². The molecular formula is C16H20N4O2S3. The average Bonchev–Trinajstić information content (AvgIpc) is 3.10. The van der Waals surface area contributed by atoms with Crippen LogP contribution in [0.1, 0.15) is 24.2 Å². The van der Waals surface area contributed by atoms with Crippen LogP contribution in [0.2, 0.25) is 0 Å². The fourth-order valence-electron chi connectivity index (χ4n) is 2.05. The van der Waals surface area contributed by atoms with Crippen molar-refractivity contribution >= 4 is 52.4 Å². The van der Waals surface area contributed by atoms with E-state index in [1.807, 2.05) is 20.1 Å². The molecule has 0 aliphatic heterocycles. The lowest BCUT2D eigenvalue weighted by molar-refractivity contribution is -0.113. The first-order valence-electron chi connectivity index (χ1n) is 7.76. The summed E-state index contributed by atoms with van der Waals surface area (Å²) < 4.78 is 1.66. The van der Waals surface area contributed by atoms with Gasteiger partial charge in [0, 0.05) is 24.3 Å². The van der Waals surface area contributed by atoms with Gasteiger partial charge in [-0.2, -0.15) is 0 Å². The van der Waals surface area contributed by atoms with Crippen LogP contribution in [-0.4, -0.2) is 52.0 Å². The number of aromatic nitrogens is 2. The number of carbonyl (C=O) groups is 2. The average molecular weight is 397 g/mol. The highest BCUT2D eigenvalue weighted by molar-refractivity contribution is 8.03. The Kier molecular flexibility index (Phi) is 7.73. The summed E-state index contributed by atoms with van der Waals surface area (Å²) in [6.07, 6.45) is 1.94. The molecule has 1 N–H and O–H groups in total. The second-order valence-electron chi connectivity index (χ2n) is 4.93. The lowest BCUT2D eigenvalue weighted by atomic mass is 10.2. The highest BCUT2D eigenvalue weighted by Gasteiger charge is 2.12. The van der Waals surface area contributed by atoms with Gasteiger partial charge in [0.05, 0.1) is 5.75 Å². The zero-order valence-corrected chi connectivity index (χ0v) is 16.8. The Labute approximate surface area is 159 Å². The van der Waals surface area contributed by atoms with Crippen LogP contribution in [-0.2, 0) is 4.79 Å². The van der Waals surface area contributed by atoms with Gasteiger partial charge in [-0.3, -0.25) is 9.59 Å². The molecule has 134 valence electrons. The third kappa shape index (κ3) is 5.72. The third-order valence-electron chi connectivity index (χ3n) is 3.36. The minimum atomic E-state index is -0.117. The Balaban J connectivity index is 1.87. The van der Waals surface area contributed by atoms with Gasteiger partial charge in [0.1, 0.15) is 0 Å². The molecule has 1 heterocycles. The van der Waals surface area contributed by atoms with E-state index in [2.05, 4.69) is 15.5 Å². The van der Waals surface area contributed by atoms with Crippen molar-refractivity contribution in [1.29, 1.82) is 0 Å². The van der Waals surface area contributed by atoms with Gasteiger partial charge in [-0.05, 0) is 44.4 Å². The molecule has 0 radical (unpaired) electrons. The summed E-state index contributed by atoms with van der Waals surface area (Å²) in [6, 6.07) is 6.96. The van der Waals surface area contributed by atoms with Crippen LogP contribution < -0.4 is 5.32 Å². The zero-order chi connectivity index (χ0) is 18.2. The molecule has 1 aromatic heterocycles. The van der Waals surface area contributed by atoms with Crippen LogP contribution in [0.5, 0.6) is 0 Å². The number of thioether (sulfide) groups is 2. The molecule has 0 fully saturated rings. The fraction of sp³-hybridized carbons (Fsp3) is 0.375. The monoisotopic (exact) mass is 396 g/mol. The van der Waals surface area contributed by atoms with E-state index in [-0.39, 0.29) is 17.6 Å². The lowest BCUT2D eigenvalue weighted by Crippen LogP contribution is -2.30. The lowest BCUT2D eigenvalue weighted by Gasteiger charge is -2.18. The van der Waals surface area contributed by atoms with Gasteiger partial charge in [0.25, 0.3) is 5.91 Å². The van der Waals surface area contributed by atoms with Crippen LogP contribution in [0, 0.1) is 0 Å². The topological polar surface area (TPSA) is 75.2 Å². The van der Waals surface area contributed by atoms with Gasteiger partial charge in [-0.1, -0.05) is 34.9 Å². The molecule has 0 saturated carbocycles. The van der Waals surface area contributed by atoms with Gasteiger partial charge in [-0.25, -0.2) is 0 Å². The van der Waals surface area contributed by atoms with Crippen molar-refractivity contribution in [2.24, 2.45) is 0 Å². The first-order chi connectivity index (χ1) is 12.1. The summed E-state index contributed by atoms with van der Waals surface area (Å²) in [5.74, 6) is 0.149. The van der Waals surface area contributed by atoms with Gasteiger partial charge >= 0.3 is 0 Å². The van der Waals surface area contributed by atoms with E-state index < -0.39 is 0 Å². The molecule has 0 atom stereocenters. The molecule has 0 spiro atoms. The number of nitrogens with zero attached hydrogens (tertiary/aromatic N) is 3. The molecule has 2 aromatic rings. The summed E-state index contributed by atoms with van der Waals surface area (Å²) in [7, 11) is 0. The number of carbonyl (C=O) groups excluding carboxylic acids is 2. The molecule has 9 heteroatoms. The molecule has 2 rings (SSSR count). The maximum atomic E-state index is 12.2. The first kappa shape index (κ1) is 19.7. The predicted molar refractivity (Wildman–Crippen MR) is 105 cm³/mol. The van der Waals surface area contributed by atoms with Crippen LogP contribution in [0.4, 0.5) is 5.69 Å². The van der Waals surface area contributed by atoms with Crippen molar-refractivity contribution in [1.82, 2.24) is 15.1 Å². The SMILES string of the molecule is CCN(CC)C(=O)c1ccc(NC(=O)CSc2nnc(SC)s2)cc1. The van der Waals surface area contributed by atoms with Gasteiger partial charge in [0.2, 0.25) is 5.91 Å². The summed E-state index contributed by atoms with van der Waals surface area (Å²) in [5, 5.41) is 10.8. The predicted octanol–water partition coefficient (Wildman–Crippen LogP) is 3.47. The molecule has 25 heavy (non-hydrogen) atoms. The molecule has 1 aromatic carbocycles. The second kappa shape index (κ2) is 9.79. The Morgan fingerprint density at radius 3 is 2.32 bits per heavy atom. The molecular weight excluding hydrogens is 376 g/mol. The third-order valence-corrected chi connectivity index (χ3v) is 6.39. The van der Waals surface area contributed by atoms with Gasteiger partial charge < -0.3 is 10.2 Å². The summed E-state index contributed by atoms with van der Waals surface area (Å²) in [5.41, 5.74) is 1.29. The van der Waals surface area contributed by atoms with E-state index in [0.29, 0.717) is 24.3 Å². The Morgan fingerprint density at radius 1 is 1.12 bits per heavy atom. The van der Waals surface area contributed by atoms with E-state index in [1.165, 1.54) is 34.9 Å². The summed E-state index contributed by atoms with van der Waals surface area (Å²) in [6.45, 7) is 5.26. The second-order valence-corrected chi connectivity index (χ2v) is 8.18. The summed E-state index contributed by atoms with van der Waals surface area (Å²) in [4.78, 5) is 26.0. The van der Waals surface area contributed by atoms with Gasteiger partial charge in [0.15, 0.2) is 8.68 Å². The van der Waals surface area contributed by atoms with E-state index in [9.17, 15) is 9.59 Å². The molecule has 0 aliphatic carbocycles. The van der Waals surface area contributed by atoms with Crippen LogP contribution in [0.3, 0.4) is 0 Å². The number of nitrogens with one attached hydrogen (secondary N) is 1. The van der Waals surface area contributed by atoms with Crippen molar-refractivity contribution < 1.29 is 9.59 Å². The van der Waals surface area contributed by atoms with Gasteiger partial charge in [-0.15, -0.1) is 10.2 Å². The van der Waals surface area contributed by atoms with E-state index in [1.54, 1.807) is 29.2 Å². The standard InChI is InChI=1S/C16H20N4O2S3/c1-4-20(5-2)14(22)11-6-8-12(9-7-11)17-13(21)10-24-16-19-18-15(23-3)25-16/h6-9H,4-5,10H2,1-3H3,(H,17,21). The Hall–Kier alpha value is -1.58. The van der Waals surface area contributed by atoms with Crippen molar-refractivity contribution in [2.45, 2.75) is 22.5 Å². The van der Waals surface area contributed by atoms with Crippen molar-refractivity contribution in [3.63, 3.8) is 0 Å². The highest BCUT2D eigenvalue weighted by Crippen LogP contribution is 2.27. The molecule has 0 aliphatic rings. The number of benzene rings is 1. The quantitative estimate of drug-likeness (QED) is 0.689. The van der Waals surface area contributed by atoms with Crippen molar-refractivity contribution in [3.05, 3.63) is 29.8 Å². The first-order valence-corrected chi connectivity index (χ1v) is 10.8. The van der Waals surface area contributed by atoms with Crippen LogP contribution in [0.15, 0.2) is 32.9 Å². The number of hydrogen-bond acceptors (Lipinski definition) is 7. The van der Waals surface area contributed by atoms with Crippen molar-refractivity contribution in [3.8, 4) is 0 Å². The minimum Gasteiger partial charge on any atom is -0.339 e. The Morgan fingerprint density at radius 2 is 1.76 bits per heavy atom. The Bertz CT molecular complexity index is 714. The zero-order valence-electron chi connectivity index (χ0n) is 14.3. The fourth-order valence-corrected chi connectivity index (χ4v) is 4.29. The van der Waals surface area contributed by atoms with E-state index in [4.69, 9.17) is 0 Å². The number of amides is 2. The van der Waals surface area contributed by atoms with Crippen molar-refractivity contribution in [2.75, 3.05) is 30.4 Å². The number of anilines is 1. The van der Waals surface area contributed by atoms with Crippen LogP contribution in [0.25, 0.3) is 0 Å². The maximum Gasteiger partial charge on any atom is 0.253 e. The number of rotatable bonds is 8. The molecule has 0 unspecified atom stereocenters. The highest BCUT2D eigenvalue weighted by atomic mass is 32.2. The molecule has 0 saturated heterocycles. The molecule has 6 nitrogen and oxygen atoms in total. The molecule has 2 amide bonds. The van der Waals surface area contributed by atoms with E-state index in [0.717, 1.165) is 8.68 Å². The smallest absolute Gasteiger partial charge is 0.253 e. The molecule has 0 bridgehead atoms. The maximum absolute atomic E-state index is 12.2. The minimum absolute atomic E-state index is 0.000648.